The lowest BCUT2D eigenvalue weighted by molar-refractivity contribution is 0.571. The lowest BCUT2D eigenvalue weighted by Crippen LogP contribution is -2.13. The van der Waals surface area contributed by atoms with Crippen molar-refractivity contribution in [3.63, 3.8) is 0 Å². The van der Waals surface area contributed by atoms with Gasteiger partial charge in [0.15, 0.2) is 16.4 Å². The Morgan fingerprint density at radius 3 is 2.90 bits per heavy atom. The van der Waals surface area contributed by atoms with Crippen LogP contribution in [0.5, 0.6) is 0 Å². The van der Waals surface area contributed by atoms with Crippen LogP contribution in [0.1, 0.15) is 18.8 Å². The van der Waals surface area contributed by atoms with Gasteiger partial charge in [-0.05, 0) is 31.3 Å². The van der Waals surface area contributed by atoms with Gasteiger partial charge in [0.05, 0.1) is 6.04 Å². The molecular weight excluding hydrogens is 274 g/mol. The lowest BCUT2D eigenvalue weighted by atomic mass is 10.2. The van der Waals surface area contributed by atoms with Gasteiger partial charge in [0, 0.05) is 25.0 Å². The maximum Gasteiger partial charge on any atom is 0.196 e. The van der Waals surface area contributed by atoms with E-state index < -0.39 is 0 Å². The van der Waals surface area contributed by atoms with Crippen LogP contribution in [0.15, 0.2) is 30.9 Å². The summed E-state index contributed by atoms with van der Waals surface area (Å²) in [5.41, 5.74) is 0.897. The van der Waals surface area contributed by atoms with Crippen LogP contribution >= 0.6 is 12.2 Å². The zero-order valence-corrected chi connectivity index (χ0v) is 11.9. The van der Waals surface area contributed by atoms with E-state index in [2.05, 4.69) is 25.4 Å². The Kier molecular flexibility index (Phi) is 3.15. The molecule has 8 heteroatoms. The molecule has 0 bridgehead atoms. The van der Waals surface area contributed by atoms with E-state index in [0.717, 1.165) is 17.2 Å². The van der Waals surface area contributed by atoms with E-state index in [0.29, 0.717) is 4.77 Å². The number of nitrogens with zero attached hydrogens (tertiary/aromatic N) is 6. The Bertz CT molecular complexity index is 770. The van der Waals surface area contributed by atoms with Crippen molar-refractivity contribution < 1.29 is 0 Å². The molecule has 0 saturated carbocycles. The minimum atomic E-state index is -0.0797. The monoisotopic (exact) mass is 287 g/mol. The van der Waals surface area contributed by atoms with Crippen LogP contribution in [0.25, 0.3) is 11.4 Å². The first kappa shape index (κ1) is 12.7. The molecule has 0 radical (unpaired) electrons. The molecule has 3 aromatic heterocycles. The maximum absolute atomic E-state index is 5.33. The topological polar surface area (TPSA) is 77.2 Å². The smallest absolute Gasteiger partial charge is 0.196 e. The number of pyridine rings is 1. The summed E-state index contributed by atoms with van der Waals surface area (Å²) in [6.45, 7) is 2.01. The van der Waals surface area contributed by atoms with Gasteiger partial charge in [-0.1, -0.05) is 0 Å². The second-order valence-corrected chi connectivity index (χ2v) is 4.83. The van der Waals surface area contributed by atoms with Crippen LogP contribution in [0.3, 0.4) is 0 Å². The predicted molar refractivity (Wildman–Crippen MR) is 75.5 cm³/mol. The number of aryl methyl sites for hydroxylation is 1. The maximum atomic E-state index is 5.33. The van der Waals surface area contributed by atoms with Crippen LogP contribution in [-0.2, 0) is 7.05 Å². The predicted octanol–water partition coefficient (Wildman–Crippen LogP) is 1.74. The minimum absolute atomic E-state index is 0.0797. The van der Waals surface area contributed by atoms with Crippen LogP contribution in [0.4, 0.5) is 0 Å². The fourth-order valence-electron chi connectivity index (χ4n) is 2.15. The average molecular weight is 287 g/mol. The Hall–Kier alpha value is -2.35. The van der Waals surface area contributed by atoms with Gasteiger partial charge in [-0.25, -0.2) is 0 Å². The van der Waals surface area contributed by atoms with Crippen molar-refractivity contribution in [2.24, 2.45) is 7.05 Å². The zero-order chi connectivity index (χ0) is 14.1. The highest BCUT2D eigenvalue weighted by atomic mass is 32.1. The van der Waals surface area contributed by atoms with Gasteiger partial charge in [0.1, 0.15) is 6.33 Å². The summed E-state index contributed by atoms with van der Waals surface area (Å²) in [6.07, 6.45) is 5.14. The van der Waals surface area contributed by atoms with Crippen molar-refractivity contribution in [2.45, 2.75) is 13.0 Å². The number of aromatic amines is 1. The van der Waals surface area contributed by atoms with Crippen LogP contribution in [0.2, 0.25) is 0 Å². The first-order valence-corrected chi connectivity index (χ1v) is 6.50. The summed E-state index contributed by atoms with van der Waals surface area (Å²) in [5, 5.41) is 15.2. The molecule has 1 unspecified atom stereocenters. The van der Waals surface area contributed by atoms with Gasteiger partial charge in [-0.2, -0.15) is 5.10 Å². The molecule has 0 fully saturated rings. The summed E-state index contributed by atoms with van der Waals surface area (Å²) in [7, 11) is 1.90. The summed E-state index contributed by atoms with van der Waals surface area (Å²) in [4.78, 5) is 4.12. The Balaban J connectivity index is 2.13. The van der Waals surface area contributed by atoms with Crippen LogP contribution in [-0.4, -0.2) is 34.5 Å². The quantitative estimate of drug-likeness (QED) is 0.742. The van der Waals surface area contributed by atoms with E-state index in [-0.39, 0.29) is 6.04 Å². The molecule has 0 aromatic carbocycles. The molecule has 7 nitrogen and oxygen atoms in total. The molecule has 3 rings (SSSR count). The molecular formula is C12H13N7S. The first-order valence-electron chi connectivity index (χ1n) is 6.09. The van der Waals surface area contributed by atoms with Crippen molar-refractivity contribution in [2.75, 3.05) is 0 Å². The van der Waals surface area contributed by atoms with Gasteiger partial charge in [-0.3, -0.25) is 14.6 Å². The van der Waals surface area contributed by atoms with Crippen molar-refractivity contribution in [1.29, 1.82) is 0 Å². The number of hydrogen-bond donors (Lipinski definition) is 1. The number of nitrogens with one attached hydrogen (secondary N) is 1. The van der Waals surface area contributed by atoms with Crippen molar-refractivity contribution in [1.82, 2.24) is 34.5 Å². The molecule has 3 aromatic rings. The SMILES string of the molecule is CC(c1nncn1C)n1c(-c2cccnc2)n[nH]c1=S. The fourth-order valence-corrected chi connectivity index (χ4v) is 2.44. The Morgan fingerprint density at radius 1 is 1.40 bits per heavy atom. The third-order valence-corrected chi connectivity index (χ3v) is 3.42. The number of hydrogen-bond acceptors (Lipinski definition) is 5. The van der Waals surface area contributed by atoms with E-state index in [9.17, 15) is 0 Å². The van der Waals surface area contributed by atoms with Crippen LogP contribution in [0, 0.1) is 4.77 Å². The Morgan fingerprint density at radius 2 is 2.25 bits per heavy atom. The van der Waals surface area contributed by atoms with Gasteiger partial charge < -0.3 is 4.57 Å². The molecule has 0 spiro atoms. The number of aromatic nitrogens is 7. The van der Waals surface area contributed by atoms with Crippen LogP contribution < -0.4 is 0 Å². The molecule has 1 N–H and O–H groups in total. The largest absolute Gasteiger partial charge is 0.319 e. The summed E-state index contributed by atoms with van der Waals surface area (Å²) in [6, 6.07) is 3.73. The van der Waals surface area contributed by atoms with Crippen molar-refractivity contribution in [3.8, 4) is 11.4 Å². The second-order valence-electron chi connectivity index (χ2n) is 4.44. The number of rotatable bonds is 3. The highest BCUT2D eigenvalue weighted by Crippen LogP contribution is 2.23. The molecule has 0 saturated heterocycles. The number of H-pyrrole nitrogens is 1. The van der Waals surface area contributed by atoms with E-state index in [1.165, 1.54) is 0 Å². The molecule has 0 aliphatic heterocycles. The van der Waals surface area contributed by atoms with Gasteiger partial charge in [0.25, 0.3) is 0 Å². The van der Waals surface area contributed by atoms with E-state index in [1.807, 2.05) is 35.2 Å². The molecule has 3 heterocycles. The minimum Gasteiger partial charge on any atom is -0.319 e. The highest BCUT2D eigenvalue weighted by Gasteiger charge is 2.19. The lowest BCUT2D eigenvalue weighted by Gasteiger charge is -2.14. The third kappa shape index (κ3) is 2.03. The Labute approximate surface area is 120 Å². The third-order valence-electron chi connectivity index (χ3n) is 3.13. The summed E-state index contributed by atoms with van der Waals surface area (Å²) in [5.74, 6) is 1.55. The molecule has 0 amide bonds. The fraction of sp³-hybridized carbons (Fsp3) is 0.250. The van der Waals surface area contributed by atoms with Gasteiger partial charge >= 0.3 is 0 Å². The summed E-state index contributed by atoms with van der Waals surface area (Å²) < 4.78 is 4.32. The second kappa shape index (κ2) is 4.97. The van der Waals surface area contributed by atoms with E-state index in [4.69, 9.17) is 12.2 Å². The molecule has 1 atom stereocenters. The molecule has 0 aliphatic carbocycles. The standard InChI is InChI=1S/C12H13N7S/c1-8(10-15-14-7-18(10)2)19-11(16-17-12(19)20)9-4-3-5-13-6-9/h3-8H,1-2H3,(H,17,20). The van der Waals surface area contributed by atoms with E-state index >= 15 is 0 Å². The molecule has 20 heavy (non-hydrogen) atoms. The average Bonchev–Trinajstić information content (AvgIpc) is 3.05. The van der Waals surface area contributed by atoms with Gasteiger partial charge in [-0.15, -0.1) is 10.2 Å². The van der Waals surface area contributed by atoms with Crippen molar-refractivity contribution >= 4 is 12.2 Å². The molecule has 0 aliphatic rings. The normalized spacial score (nSPS) is 12.5. The van der Waals surface area contributed by atoms with E-state index in [1.54, 1.807) is 18.7 Å². The zero-order valence-electron chi connectivity index (χ0n) is 11.1. The van der Waals surface area contributed by atoms with Gasteiger partial charge in [0.2, 0.25) is 0 Å². The summed E-state index contributed by atoms with van der Waals surface area (Å²) >= 11 is 5.33. The van der Waals surface area contributed by atoms with Crippen molar-refractivity contribution in [3.05, 3.63) is 41.4 Å². The first-order chi connectivity index (χ1) is 9.68. The molecule has 102 valence electrons. The highest BCUT2D eigenvalue weighted by molar-refractivity contribution is 7.71.